The van der Waals surface area contributed by atoms with E-state index in [-0.39, 0.29) is 23.4 Å². The zero-order valence-electron chi connectivity index (χ0n) is 17.1. The van der Waals surface area contributed by atoms with E-state index in [4.69, 9.17) is 0 Å². The number of carbonyl (C=O) groups excluding carboxylic acids is 1. The van der Waals surface area contributed by atoms with Gasteiger partial charge in [-0.25, -0.2) is 8.42 Å². The maximum absolute atomic E-state index is 13.5. The van der Waals surface area contributed by atoms with E-state index in [0.717, 1.165) is 11.1 Å². The van der Waals surface area contributed by atoms with Gasteiger partial charge < -0.3 is 5.32 Å². The van der Waals surface area contributed by atoms with Crippen molar-refractivity contribution >= 4 is 15.9 Å². The van der Waals surface area contributed by atoms with Crippen LogP contribution in [0.1, 0.15) is 30.0 Å². The van der Waals surface area contributed by atoms with Crippen LogP contribution in [0.25, 0.3) is 0 Å². The third-order valence-corrected chi connectivity index (χ3v) is 7.55. The molecule has 2 aromatic carbocycles. The number of sulfonamides is 1. The van der Waals surface area contributed by atoms with Gasteiger partial charge in [-0.05, 0) is 48.2 Å². The first kappa shape index (κ1) is 21.2. The lowest BCUT2D eigenvalue weighted by molar-refractivity contribution is -0.126. The predicted molar refractivity (Wildman–Crippen MR) is 118 cm³/mol. The minimum absolute atomic E-state index is 0.128. The molecule has 0 spiro atoms. The van der Waals surface area contributed by atoms with E-state index >= 15 is 0 Å². The summed E-state index contributed by atoms with van der Waals surface area (Å²) in [6.45, 7) is 0.546. The molecule has 1 amide bonds. The van der Waals surface area contributed by atoms with Crippen LogP contribution in [0.4, 0.5) is 0 Å². The number of aromatic nitrogens is 1. The second kappa shape index (κ2) is 9.41. The highest BCUT2D eigenvalue weighted by Crippen LogP contribution is 2.37. The molecule has 1 N–H and O–H groups in total. The molecule has 1 aromatic heterocycles. The Morgan fingerprint density at radius 2 is 1.58 bits per heavy atom. The highest BCUT2D eigenvalue weighted by molar-refractivity contribution is 7.89. The van der Waals surface area contributed by atoms with Crippen LogP contribution in [0.2, 0.25) is 0 Å². The molecular weight excluding hydrogens is 410 g/mol. The monoisotopic (exact) mass is 435 g/mol. The molecule has 2 atom stereocenters. The fourth-order valence-corrected chi connectivity index (χ4v) is 5.70. The number of pyridine rings is 1. The van der Waals surface area contributed by atoms with Gasteiger partial charge in [0.05, 0.1) is 16.9 Å². The Bertz CT molecular complexity index is 1110. The van der Waals surface area contributed by atoms with Crippen molar-refractivity contribution < 1.29 is 13.2 Å². The summed E-state index contributed by atoms with van der Waals surface area (Å²) >= 11 is 0. The fourth-order valence-electron chi connectivity index (χ4n) is 3.99. The predicted octanol–water partition coefficient (Wildman–Crippen LogP) is 3.54. The first-order chi connectivity index (χ1) is 15.1. The lowest BCUT2D eigenvalue weighted by Gasteiger charge is -2.38. The molecule has 1 saturated heterocycles. The fraction of sp³-hybridized carbons (Fsp3) is 0.250. The third kappa shape index (κ3) is 4.84. The Morgan fingerprint density at radius 3 is 2.26 bits per heavy atom. The average molecular weight is 436 g/mol. The van der Waals surface area contributed by atoms with Gasteiger partial charge in [0.1, 0.15) is 0 Å². The summed E-state index contributed by atoms with van der Waals surface area (Å²) in [4.78, 5) is 17.1. The van der Waals surface area contributed by atoms with E-state index in [9.17, 15) is 13.2 Å². The van der Waals surface area contributed by atoms with Gasteiger partial charge in [0.2, 0.25) is 15.9 Å². The first-order valence-corrected chi connectivity index (χ1v) is 11.8. The number of piperidine rings is 1. The maximum atomic E-state index is 13.5. The molecule has 3 aromatic rings. The molecule has 31 heavy (non-hydrogen) atoms. The lowest BCUT2D eigenvalue weighted by atomic mass is 9.90. The van der Waals surface area contributed by atoms with Crippen LogP contribution in [-0.4, -0.2) is 30.2 Å². The van der Waals surface area contributed by atoms with Gasteiger partial charge in [0, 0.05) is 25.5 Å². The van der Waals surface area contributed by atoms with E-state index in [1.807, 2.05) is 42.5 Å². The molecule has 1 fully saturated rings. The Morgan fingerprint density at radius 1 is 0.935 bits per heavy atom. The molecule has 0 radical (unpaired) electrons. The molecule has 7 heteroatoms. The molecular formula is C24H25N3O3S. The Balaban J connectivity index is 1.57. The number of carbonyl (C=O) groups is 1. The smallest absolute Gasteiger partial charge is 0.243 e. The number of hydrogen-bond acceptors (Lipinski definition) is 4. The quantitative estimate of drug-likeness (QED) is 0.642. The number of nitrogens with one attached hydrogen (secondary N) is 1. The number of amides is 1. The summed E-state index contributed by atoms with van der Waals surface area (Å²) in [6, 6.07) is 21.5. The number of rotatable bonds is 6. The summed E-state index contributed by atoms with van der Waals surface area (Å²) < 4.78 is 28.5. The highest BCUT2D eigenvalue weighted by atomic mass is 32.2. The largest absolute Gasteiger partial charge is 0.352 e. The SMILES string of the molecule is O=C(NCc1ccncc1)[C@@H]1CC[C@H](c2ccccc2)N(S(=O)(=O)c2ccccc2)C1. The van der Waals surface area contributed by atoms with E-state index in [1.165, 1.54) is 4.31 Å². The van der Waals surface area contributed by atoms with Crippen LogP contribution in [0, 0.1) is 5.92 Å². The Hall–Kier alpha value is -3.03. The van der Waals surface area contributed by atoms with E-state index in [2.05, 4.69) is 10.3 Å². The molecule has 2 heterocycles. The molecule has 0 bridgehead atoms. The van der Waals surface area contributed by atoms with Crippen molar-refractivity contribution in [2.75, 3.05) is 6.54 Å². The summed E-state index contributed by atoms with van der Waals surface area (Å²) in [5, 5.41) is 2.95. The lowest BCUT2D eigenvalue weighted by Crippen LogP contribution is -2.46. The molecule has 0 saturated carbocycles. The Kier molecular flexibility index (Phi) is 6.44. The summed E-state index contributed by atoms with van der Waals surface area (Å²) in [5.74, 6) is -0.531. The minimum atomic E-state index is -3.75. The zero-order valence-corrected chi connectivity index (χ0v) is 17.9. The van der Waals surface area contributed by atoms with Crippen molar-refractivity contribution in [1.82, 2.24) is 14.6 Å². The van der Waals surface area contributed by atoms with Crippen LogP contribution >= 0.6 is 0 Å². The van der Waals surface area contributed by atoms with Gasteiger partial charge in [-0.3, -0.25) is 9.78 Å². The highest BCUT2D eigenvalue weighted by Gasteiger charge is 2.39. The number of nitrogens with zero attached hydrogens (tertiary/aromatic N) is 2. The van der Waals surface area contributed by atoms with E-state index < -0.39 is 15.9 Å². The average Bonchev–Trinajstić information content (AvgIpc) is 2.84. The zero-order chi connectivity index (χ0) is 21.7. The minimum Gasteiger partial charge on any atom is -0.352 e. The second-order valence-corrected chi connectivity index (χ2v) is 9.55. The van der Waals surface area contributed by atoms with Crippen molar-refractivity contribution in [3.8, 4) is 0 Å². The van der Waals surface area contributed by atoms with Crippen LogP contribution in [0.3, 0.4) is 0 Å². The van der Waals surface area contributed by atoms with Crippen molar-refractivity contribution in [3.63, 3.8) is 0 Å². The molecule has 160 valence electrons. The standard InChI is InChI=1S/C24H25N3O3S/c28-24(26-17-19-13-15-25-16-14-19)21-11-12-23(20-7-3-1-4-8-20)27(18-21)31(29,30)22-9-5-2-6-10-22/h1-10,13-16,21,23H,11-12,17-18H2,(H,26,28)/t21-,23-/m1/s1. The van der Waals surface area contributed by atoms with Gasteiger partial charge in [-0.1, -0.05) is 48.5 Å². The van der Waals surface area contributed by atoms with Crippen molar-refractivity contribution in [2.45, 2.75) is 30.3 Å². The van der Waals surface area contributed by atoms with Gasteiger partial charge >= 0.3 is 0 Å². The van der Waals surface area contributed by atoms with Crippen molar-refractivity contribution in [1.29, 1.82) is 0 Å². The van der Waals surface area contributed by atoms with Crippen LogP contribution in [0.5, 0.6) is 0 Å². The molecule has 0 aliphatic carbocycles. The van der Waals surface area contributed by atoms with Gasteiger partial charge in [0.25, 0.3) is 0 Å². The summed E-state index contributed by atoms with van der Waals surface area (Å²) in [6.07, 6.45) is 4.58. The Labute approximate surface area is 183 Å². The number of benzene rings is 2. The number of hydrogen-bond donors (Lipinski definition) is 1. The summed E-state index contributed by atoms with van der Waals surface area (Å²) in [5.41, 5.74) is 1.90. The van der Waals surface area contributed by atoms with Crippen LogP contribution in [-0.2, 0) is 21.4 Å². The van der Waals surface area contributed by atoms with Gasteiger partial charge in [0.15, 0.2) is 0 Å². The van der Waals surface area contributed by atoms with E-state index in [1.54, 1.807) is 42.7 Å². The topological polar surface area (TPSA) is 79.4 Å². The third-order valence-electron chi connectivity index (χ3n) is 5.66. The van der Waals surface area contributed by atoms with Crippen LogP contribution in [0.15, 0.2) is 90.1 Å². The first-order valence-electron chi connectivity index (χ1n) is 10.3. The summed E-state index contributed by atoms with van der Waals surface area (Å²) in [7, 11) is -3.75. The molecule has 6 nitrogen and oxygen atoms in total. The molecule has 4 rings (SSSR count). The van der Waals surface area contributed by atoms with Gasteiger partial charge in [-0.2, -0.15) is 4.31 Å². The maximum Gasteiger partial charge on any atom is 0.243 e. The molecule has 1 aliphatic heterocycles. The molecule has 1 aliphatic rings. The second-order valence-electron chi connectivity index (χ2n) is 7.66. The van der Waals surface area contributed by atoms with Crippen LogP contribution < -0.4 is 5.32 Å². The van der Waals surface area contributed by atoms with Crippen molar-refractivity contribution in [2.24, 2.45) is 5.92 Å². The van der Waals surface area contributed by atoms with Crippen molar-refractivity contribution in [3.05, 3.63) is 96.3 Å². The van der Waals surface area contributed by atoms with E-state index in [0.29, 0.717) is 19.4 Å². The molecule has 0 unspecified atom stereocenters. The van der Waals surface area contributed by atoms with Gasteiger partial charge in [-0.15, -0.1) is 0 Å². The normalized spacial score (nSPS) is 19.6.